The Morgan fingerprint density at radius 2 is 1.75 bits per heavy atom. The summed E-state index contributed by atoms with van der Waals surface area (Å²) in [5.74, 6) is 0.926. The molecule has 1 aromatic carbocycles. The van der Waals surface area contributed by atoms with Gasteiger partial charge in [-0.3, -0.25) is 0 Å². The summed E-state index contributed by atoms with van der Waals surface area (Å²) in [6, 6.07) is 5.83. The molecule has 0 saturated heterocycles. The monoisotopic (exact) mass is 297 g/mol. The highest BCUT2D eigenvalue weighted by molar-refractivity contribution is 6.30. The van der Waals surface area contributed by atoms with Crippen molar-refractivity contribution in [3.63, 3.8) is 0 Å². The second kappa shape index (κ2) is 6.82. The number of hydrogen-bond acceptors (Lipinski definition) is 2. The third-order valence-electron chi connectivity index (χ3n) is 2.94. The van der Waals surface area contributed by atoms with Gasteiger partial charge in [0.05, 0.1) is 6.61 Å². The summed E-state index contributed by atoms with van der Waals surface area (Å²) in [6.07, 6.45) is 1.03. The van der Waals surface area contributed by atoms with E-state index in [1.54, 1.807) is 0 Å². The van der Waals surface area contributed by atoms with E-state index in [-0.39, 0.29) is 11.0 Å². The molecular formula is C17H28ClNO. The van der Waals surface area contributed by atoms with Gasteiger partial charge in [0.15, 0.2) is 0 Å². The normalized spacial score (nSPS) is 12.6. The Labute approximate surface area is 128 Å². The van der Waals surface area contributed by atoms with Gasteiger partial charge in [0.2, 0.25) is 0 Å². The van der Waals surface area contributed by atoms with Gasteiger partial charge in [-0.25, -0.2) is 0 Å². The quantitative estimate of drug-likeness (QED) is 0.822. The average Bonchev–Trinajstić information content (AvgIpc) is 2.26. The van der Waals surface area contributed by atoms with Crippen LogP contribution in [0.5, 0.6) is 5.75 Å². The lowest BCUT2D eigenvalue weighted by molar-refractivity contribution is 0.240. The molecule has 0 aliphatic heterocycles. The molecule has 0 bridgehead atoms. The number of rotatable bonds is 5. The first-order valence-electron chi connectivity index (χ1n) is 7.23. The molecule has 1 N–H and O–H groups in total. The van der Waals surface area contributed by atoms with E-state index < -0.39 is 0 Å². The minimum Gasteiger partial charge on any atom is -0.493 e. The third kappa shape index (κ3) is 7.16. The fourth-order valence-corrected chi connectivity index (χ4v) is 1.85. The predicted octanol–water partition coefficient (Wildman–Crippen LogP) is 5.04. The summed E-state index contributed by atoms with van der Waals surface area (Å²) in [5.41, 5.74) is 1.47. The number of benzene rings is 1. The lowest BCUT2D eigenvalue weighted by atomic mass is 9.93. The Kier molecular flexibility index (Phi) is 5.91. The molecule has 3 heteroatoms. The van der Waals surface area contributed by atoms with E-state index in [9.17, 15) is 0 Å². The Balaban J connectivity index is 2.70. The van der Waals surface area contributed by atoms with Gasteiger partial charge in [-0.05, 0) is 50.8 Å². The summed E-state index contributed by atoms with van der Waals surface area (Å²) in [4.78, 5) is 0. The lowest BCUT2D eigenvalue weighted by Crippen LogP contribution is -2.35. The third-order valence-corrected chi connectivity index (χ3v) is 3.18. The molecule has 0 aliphatic carbocycles. The largest absolute Gasteiger partial charge is 0.493 e. The van der Waals surface area contributed by atoms with E-state index >= 15 is 0 Å². The van der Waals surface area contributed by atoms with Crippen molar-refractivity contribution >= 4 is 11.6 Å². The van der Waals surface area contributed by atoms with Crippen molar-refractivity contribution < 1.29 is 4.74 Å². The van der Waals surface area contributed by atoms with Gasteiger partial charge in [0.1, 0.15) is 5.75 Å². The van der Waals surface area contributed by atoms with Gasteiger partial charge >= 0.3 is 0 Å². The molecule has 2 nitrogen and oxygen atoms in total. The molecular weight excluding hydrogens is 270 g/mol. The smallest absolute Gasteiger partial charge is 0.123 e. The van der Waals surface area contributed by atoms with Crippen LogP contribution in [0, 0.1) is 5.41 Å². The van der Waals surface area contributed by atoms with Crippen LogP contribution in [0.1, 0.15) is 53.5 Å². The summed E-state index contributed by atoms with van der Waals surface area (Å²) in [7, 11) is 0. The van der Waals surface area contributed by atoms with E-state index in [2.05, 4.69) is 46.9 Å². The summed E-state index contributed by atoms with van der Waals surface area (Å²) in [5, 5.41) is 4.22. The molecule has 0 aromatic heterocycles. The summed E-state index contributed by atoms with van der Waals surface area (Å²) < 4.78 is 5.93. The van der Waals surface area contributed by atoms with Crippen LogP contribution in [0.15, 0.2) is 18.2 Å². The number of hydrogen-bond donors (Lipinski definition) is 1. The Hall–Kier alpha value is -0.730. The van der Waals surface area contributed by atoms with Crippen molar-refractivity contribution in [3.05, 3.63) is 28.8 Å². The number of ether oxygens (including phenoxy) is 1. The molecule has 0 atom stereocenters. The van der Waals surface area contributed by atoms with Gasteiger partial charge < -0.3 is 10.1 Å². The standard InChI is InChI=1S/C17H28ClNO/c1-16(2,3)9-10-20-15-8-7-14(18)11-13(15)12-19-17(4,5)6/h7-8,11,19H,9-10,12H2,1-6H3. The highest BCUT2D eigenvalue weighted by Gasteiger charge is 2.13. The summed E-state index contributed by atoms with van der Waals surface area (Å²) >= 11 is 6.09. The molecule has 1 rings (SSSR count). The van der Waals surface area contributed by atoms with Crippen molar-refractivity contribution in [1.82, 2.24) is 5.32 Å². The van der Waals surface area contributed by atoms with Gasteiger partial charge in [0.25, 0.3) is 0 Å². The molecule has 0 radical (unpaired) electrons. The number of halogens is 1. The zero-order chi connectivity index (χ0) is 15.4. The average molecular weight is 298 g/mol. The molecule has 0 aliphatic rings. The molecule has 0 unspecified atom stereocenters. The maximum atomic E-state index is 6.09. The van der Waals surface area contributed by atoms with E-state index in [1.807, 2.05) is 18.2 Å². The van der Waals surface area contributed by atoms with E-state index in [4.69, 9.17) is 16.3 Å². The van der Waals surface area contributed by atoms with Gasteiger partial charge in [-0.1, -0.05) is 32.4 Å². The van der Waals surface area contributed by atoms with Crippen molar-refractivity contribution in [2.75, 3.05) is 6.61 Å². The van der Waals surface area contributed by atoms with Crippen LogP contribution >= 0.6 is 11.6 Å². The molecule has 0 amide bonds. The Bertz CT molecular complexity index is 430. The van der Waals surface area contributed by atoms with Crippen LogP contribution in [0.4, 0.5) is 0 Å². The van der Waals surface area contributed by atoms with Crippen molar-refractivity contribution in [1.29, 1.82) is 0 Å². The van der Waals surface area contributed by atoms with Crippen molar-refractivity contribution in [2.24, 2.45) is 5.41 Å². The second-order valence-corrected chi connectivity index (χ2v) is 7.95. The molecule has 0 fully saturated rings. The van der Waals surface area contributed by atoms with E-state index in [1.165, 1.54) is 0 Å². The maximum Gasteiger partial charge on any atom is 0.123 e. The van der Waals surface area contributed by atoms with E-state index in [0.29, 0.717) is 0 Å². The molecule has 0 saturated carbocycles. The predicted molar refractivity (Wildman–Crippen MR) is 87.6 cm³/mol. The topological polar surface area (TPSA) is 21.3 Å². The minimum absolute atomic E-state index is 0.0744. The van der Waals surface area contributed by atoms with Crippen LogP contribution < -0.4 is 10.1 Å². The highest BCUT2D eigenvalue weighted by atomic mass is 35.5. The van der Waals surface area contributed by atoms with Crippen LogP contribution in [-0.4, -0.2) is 12.1 Å². The van der Waals surface area contributed by atoms with Crippen LogP contribution in [0.3, 0.4) is 0 Å². The SMILES string of the molecule is CC(C)(C)CCOc1ccc(Cl)cc1CNC(C)(C)C. The van der Waals surface area contributed by atoms with E-state index in [0.717, 1.165) is 35.9 Å². The van der Waals surface area contributed by atoms with Gasteiger partial charge in [-0.2, -0.15) is 0 Å². The second-order valence-electron chi connectivity index (χ2n) is 7.51. The Morgan fingerprint density at radius 3 is 2.30 bits per heavy atom. The highest BCUT2D eigenvalue weighted by Crippen LogP contribution is 2.25. The number of nitrogens with one attached hydrogen (secondary N) is 1. The zero-order valence-corrected chi connectivity index (χ0v) is 14.4. The first-order valence-corrected chi connectivity index (χ1v) is 7.61. The molecule has 1 aromatic rings. The summed E-state index contributed by atoms with van der Waals surface area (Å²) in [6.45, 7) is 14.6. The minimum atomic E-state index is 0.0744. The first-order chi connectivity index (χ1) is 9.07. The first kappa shape index (κ1) is 17.3. The van der Waals surface area contributed by atoms with Crippen molar-refractivity contribution in [3.8, 4) is 5.75 Å². The zero-order valence-electron chi connectivity index (χ0n) is 13.6. The van der Waals surface area contributed by atoms with Gasteiger partial charge in [0, 0.05) is 22.7 Å². The molecule has 0 heterocycles. The maximum absolute atomic E-state index is 6.09. The molecule has 0 spiro atoms. The van der Waals surface area contributed by atoms with Crippen molar-refractivity contribution in [2.45, 2.75) is 60.0 Å². The van der Waals surface area contributed by atoms with Crippen LogP contribution in [0.25, 0.3) is 0 Å². The van der Waals surface area contributed by atoms with Crippen LogP contribution in [-0.2, 0) is 6.54 Å². The molecule has 20 heavy (non-hydrogen) atoms. The molecule has 114 valence electrons. The Morgan fingerprint density at radius 1 is 1.10 bits per heavy atom. The van der Waals surface area contributed by atoms with Crippen LogP contribution in [0.2, 0.25) is 5.02 Å². The fourth-order valence-electron chi connectivity index (χ4n) is 1.65. The lowest BCUT2D eigenvalue weighted by Gasteiger charge is -2.22. The fraction of sp³-hybridized carbons (Fsp3) is 0.647. The van der Waals surface area contributed by atoms with Gasteiger partial charge in [-0.15, -0.1) is 0 Å².